The molecule has 1 aromatic carbocycles. The zero-order valence-corrected chi connectivity index (χ0v) is 11.9. The van der Waals surface area contributed by atoms with E-state index in [2.05, 4.69) is 0 Å². The summed E-state index contributed by atoms with van der Waals surface area (Å²) in [4.78, 5) is 22.1. The average Bonchev–Trinajstić information content (AvgIpc) is 2.38. The van der Waals surface area contributed by atoms with E-state index in [1.54, 1.807) is 25.1 Å². The van der Waals surface area contributed by atoms with Gasteiger partial charge in [0.1, 0.15) is 6.10 Å². The number of para-hydroxylation sites is 1. The molecule has 0 aliphatic heterocycles. The van der Waals surface area contributed by atoms with Gasteiger partial charge >= 0.3 is 5.69 Å². The van der Waals surface area contributed by atoms with Crippen LogP contribution >= 0.6 is 0 Å². The minimum atomic E-state index is -1.10. The molecule has 7 heteroatoms. The van der Waals surface area contributed by atoms with Crippen LogP contribution in [0.15, 0.2) is 18.2 Å². The highest BCUT2D eigenvalue weighted by molar-refractivity contribution is 5.84. The SMILES string of the molecule is Cc1cccc(OC2CCCC(N)(C(N)=O)C2)c1[N+](=O)[O-]. The van der Waals surface area contributed by atoms with Gasteiger partial charge in [-0.2, -0.15) is 0 Å². The third-order valence-corrected chi connectivity index (χ3v) is 3.91. The van der Waals surface area contributed by atoms with Crippen molar-refractivity contribution in [1.29, 1.82) is 0 Å². The van der Waals surface area contributed by atoms with Gasteiger partial charge in [-0.1, -0.05) is 12.1 Å². The van der Waals surface area contributed by atoms with E-state index in [4.69, 9.17) is 16.2 Å². The van der Waals surface area contributed by atoms with Gasteiger partial charge in [-0.05, 0) is 32.3 Å². The van der Waals surface area contributed by atoms with E-state index in [0.717, 1.165) is 0 Å². The molecule has 0 radical (unpaired) electrons. The molecule has 0 spiro atoms. The van der Waals surface area contributed by atoms with Gasteiger partial charge in [0.15, 0.2) is 5.75 Å². The molecule has 1 fully saturated rings. The monoisotopic (exact) mass is 293 g/mol. The lowest BCUT2D eigenvalue weighted by molar-refractivity contribution is -0.386. The normalized spacial score (nSPS) is 25.3. The molecule has 2 atom stereocenters. The smallest absolute Gasteiger partial charge is 0.313 e. The highest BCUT2D eigenvalue weighted by atomic mass is 16.6. The Morgan fingerprint density at radius 3 is 2.86 bits per heavy atom. The Kier molecular flexibility index (Phi) is 4.13. The van der Waals surface area contributed by atoms with Crippen LogP contribution in [0.4, 0.5) is 5.69 Å². The van der Waals surface area contributed by atoms with Crippen molar-refractivity contribution >= 4 is 11.6 Å². The minimum absolute atomic E-state index is 0.0511. The van der Waals surface area contributed by atoms with Crippen LogP contribution in [0.25, 0.3) is 0 Å². The summed E-state index contributed by atoms with van der Waals surface area (Å²) in [5, 5.41) is 11.1. The van der Waals surface area contributed by atoms with Crippen molar-refractivity contribution in [1.82, 2.24) is 0 Å². The van der Waals surface area contributed by atoms with Crippen LogP contribution in [0.2, 0.25) is 0 Å². The zero-order valence-electron chi connectivity index (χ0n) is 11.9. The van der Waals surface area contributed by atoms with Gasteiger partial charge in [-0.15, -0.1) is 0 Å². The second-order valence-corrected chi connectivity index (χ2v) is 5.54. The highest BCUT2D eigenvalue weighted by Gasteiger charge is 2.39. The van der Waals surface area contributed by atoms with Gasteiger partial charge < -0.3 is 16.2 Å². The fourth-order valence-electron chi connectivity index (χ4n) is 2.72. The molecule has 1 aliphatic carbocycles. The number of nitrogens with zero attached hydrogens (tertiary/aromatic N) is 1. The maximum atomic E-state index is 11.4. The summed E-state index contributed by atoms with van der Waals surface area (Å²) in [6, 6.07) is 4.91. The summed E-state index contributed by atoms with van der Waals surface area (Å²) in [5.41, 5.74) is 10.7. The number of nitro groups is 1. The Labute approximate surface area is 122 Å². The topological polar surface area (TPSA) is 121 Å². The first-order valence-electron chi connectivity index (χ1n) is 6.83. The summed E-state index contributed by atoms with van der Waals surface area (Å²) < 4.78 is 5.74. The number of hydrogen-bond acceptors (Lipinski definition) is 5. The van der Waals surface area contributed by atoms with Crippen LogP contribution in [0.1, 0.15) is 31.2 Å². The van der Waals surface area contributed by atoms with Crippen molar-refractivity contribution in [3.8, 4) is 5.75 Å². The molecule has 1 aromatic rings. The number of benzene rings is 1. The van der Waals surface area contributed by atoms with Crippen molar-refractivity contribution in [2.24, 2.45) is 11.5 Å². The molecule has 7 nitrogen and oxygen atoms in total. The standard InChI is InChI=1S/C14H19N3O4/c1-9-4-2-6-11(12(9)17(19)20)21-10-5-3-7-14(16,8-10)13(15)18/h2,4,6,10H,3,5,7-8,16H2,1H3,(H2,15,18). The van der Waals surface area contributed by atoms with E-state index in [9.17, 15) is 14.9 Å². The molecule has 1 amide bonds. The number of carbonyl (C=O) groups is 1. The highest BCUT2D eigenvalue weighted by Crippen LogP contribution is 2.35. The quantitative estimate of drug-likeness (QED) is 0.642. The lowest BCUT2D eigenvalue weighted by Crippen LogP contribution is -2.56. The number of nitrogens with two attached hydrogens (primary N) is 2. The Morgan fingerprint density at radius 2 is 2.24 bits per heavy atom. The summed E-state index contributed by atoms with van der Waals surface area (Å²) in [5.74, 6) is -0.353. The van der Waals surface area contributed by atoms with Crippen LogP contribution in [-0.4, -0.2) is 22.5 Å². The van der Waals surface area contributed by atoms with E-state index in [-0.39, 0.29) is 24.0 Å². The molecule has 1 saturated carbocycles. The summed E-state index contributed by atoms with van der Waals surface area (Å²) in [6.07, 6.45) is 1.82. The third kappa shape index (κ3) is 3.13. The molecule has 0 saturated heterocycles. The van der Waals surface area contributed by atoms with E-state index >= 15 is 0 Å². The molecule has 21 heavy (non-hydrogen) atoms. The zero-order chi connectivity index (χ0) is 15.6. The molecule has 0 heterocycles. The Morgan fingerprint density at radius 1 is 1.52 bits per heavy atom. The number of rotatable bonds is 4. The van der Waals surface area contributed by atoms with Crippen molar-refractivity contribution < 1.29 is 14.5 Å². The maximum Gasteiger partial charge on any atom is 0.313 e. The van der Waals surface area contributed by atoms with Gasteiger partial charge in [0.2, 0.25) is 5.91 Å². The number of amides is 1. The van der Waals surface area contributed by atoms with Crippen molar-refractivity contribution in [3.05, 3.63) is 33.9 Å². The van der Waals surface area contributed by atoms with E-state index in [1.807, 2.05) is 0 Å². The predicted octanol–water partition coefficient (Wildman–Crippen LogP) is 1.41. The molecular formula is C14H19N3O4. The fourth-order valence-corrected chi connectivity index (χ4v) is 2.72. The third-order valence-electron chi connectivity index (χ3n) is 3.91. The van der Waals surface area contributed by atoms with Gasteiger partial charge in [-0.3, -0.25) is 14.9 Å². The van der Waals surface area contributed by atoms with Crippen molar-refractivity contribution in [3.63, 3.8) is 0 Å². The second kappa shape index (κ2) is 5.69. The van der Waals surface area contributed by atoms with Crippen LogP contribution in [0.5, 0.6) is 5.75 Å². The molecular weight excluding hydrogens is 274 g/mol. The van der Waals surface area contributed by atoms with E-state index in [1.165, 1.54) is 0 Å². The first-order chi connectivity index (χ1) is 9.83. The Bertz CT molecular complexity index is 575. The lowest BCUT2D eigenvalue weighted by atomic mass is 9.80. The number of carbonyl (C=O) groups excluding carboxylic acids is 1. The maximum absolute atomic E-state index is 11.4. The second-order valence-electron chi connectivity index (χ2n) is 5.54. The van der Waals surface area contributed by atoms with Crippen LogP contribution in [0, 0.1) is 17.0 Å². The number of hydrogen-bond donors (Lipinski definition) is 2. The van der Waals surface area contributed by atoms with Gasteiger partial charge in [-0.25, -0.2) is 0 Å². The van der Waals surface area contributed by atoms with E-state index in [0.29, 0.717) is 24.8 Å². The first kappa shape index (κ1) is 15.2. The molecule has 2 unspecified atom stereocenters. The fraction of sp³-hybridized carbons (Fsp3) is 0.500. The Balaban J connectivity index is 2.21. The molecule has 114 valence electrons. The summed E-state index contributed by atoms with van der Waals surface area (Å²) >= 11 is 0. The first-order valence-corrected chi connectivity index (χ1v) is 6.83. The summed E-state index contributed by atoms with van der Waals surface area (Å²) in [7, 11) is 0. The minimum Gasteiger partial charge on any atom is -0.483 e. The van der Waals surface area contributed by atoms with E-state index < -0.39 is 16.4 Å². The number of ether oxygens (including phenoxy) is 1. The number of nitro benzene ring substituents is 1. The van der Waals surface area contributed by atoms with Crippen molar-refractivity contribution in [2.75, 3.05) is 0 Å². The number of aryl methyl sites for hydroxylation is 1. The van der Waals surface area contributed by atoms with Gasteiger partial charge in [0.05, 0.1) is 10.5 Å². The van der Waals surface area contributed by atoms with Gasteiger partial charge in [0, 0.05) is 12.0 Å². The number of primary amides is 1. The van der Waals surface area contributed by atoms with Crippen LogP contribution < -0.4 is 16.2 Å². The molecule has 0 bridgehead atoms. The molecule has 1 aliphatic rings. The molecule has 2 rings (SSSR count). The molecule has 4 N–H and O–H groups in total. The molecule has 0 aromatic heterocycles. The predicted molar refractivity (Wildman–Crippen MR) is 76.8 cm³/mol. The van der Waals surface area contributed by atoms with Crippen molar-refractivity contribution in [2.45, 2.75) is 44.2 Å². The largest absolute Gasteiger partial charge is 0.483 e. The van der Waals surface area contributed by atoms with Gasteiger partial charge in [0.25, 0.3) is 0 Å². The van der Waals surface area contributed by atoms with Crippen LogP contribution in [0.3, 0.4) is 0 Å². The van der Waals surface area contributed by atoms with Crippen LogP contribution in [-0.2, 0) is 4.79 Å². The Hall–Kier alpha value is -2.15. The average molecular weight is 293 g/mol. The lowest BCUT2D eigenvalue weighted by Gasteiger charge is -2.35. The summed E-state index contributed by atoms with van der Waals surface area (Å²) in [6.45, 7) is 1.66.